The molecule has 2 aromatic rings. The van der Waals surface area contributed by atoms with Crippen LogP contribution in [0.15, 0.2) is 47.4 Å². The molecule has 3 rings (SSSR count). The number of carboxylic acid groups (broad SMARTS) is 2. The number of hydrogen-bond acceptors (Lipinski definition) is 7. The molecule has 1 heterocycles. The Bertz CT molecular complexity index is 1210. The number of carboxylic acids is 2. The first-order valence-corrected chi connectivity index (χ1v) is 17.5. The van der Waals surface area contributed by atoms with E-state index in [2.05, 4.69) is 13.8 Å². The summed E-state index contributed by atoms with van der Waals surface area (Å²) < 4.78 is 29.3. The predicted octanol–water partition coefficient (Wildman–Crippen LogP) is 7.46. The van der Waals surface area contributed by atoms with Crippen LogP contribution in [0.1, 0.15) is 95.1 Å². The molecular formula is C34H51NO8S. The Morgan fingerprint density at radius 1 is 0.932 bits per heavy atom. The number of ether oxygens (including phenoxy) is 1. The first-order valence-electron chi connectivity index (χ1n) is 15.8. The second kappa shape index (κ2) is 16.0. The molecule has 2 unspecified atom stereocenters. The van der Waals surface area contributed by atoms with E-state index in [0.717, 1.165) is 42.5 Å². The summed E-state index contributed by atoms with van der Waals surface area (Å²) >= 11 is 0. The standard InChI is InChI=1S/C34H51NO8S/c1-5-7-19-34(20-8-6-2)23-44(41,42)29-18-15-25(35(3)4)22-28(29)30(31(34)36)24-13-16-26(17-14-24)43-21-11-9-10-12-27(32(37)38)33(39)40/h13-18,22,27,30-31,36,41-42H,5-12,19-21,23H2,1-4H3,(H,37,38)(H,39,40). The summed E-state index contributed by atoms with van der Waals surface area (Å²) in [5.41, 5.74) is 1.89. The normalized spacial score (nSPS) is 19.5. The fourth-order valence-corrected chi connectivity index (χ4v) is 8.63. The third-order valence-corrected chi connectivity index (χ3v) is 11.0. The van der Waals surface area contributed by atoms with E-state index in [0.29, 0.717) is 49.4 Å². The monoisotopic (exact) mass is 633 g/mol. The average molecular weight is 634 g/mol. The third kappa shape index (κ3) is 8.68. The van der Waals surface area contributed by atoms with Gasteiger partial charge in [-0.3, -0.25) is 18.7 Å². The number of aliphatic hydroxyl groups is 1. The Morgan fingerprint density at radius 2 is 1.55 bits per heavy atom. The Hall–Kier alpha value is -2.79. The van der Waals surface area contributed by atoms with E-state index in [9.17, 15) is 23.8 Å². The van der Waals surface area contributed by atoms with Gasteiger partial charge in [-0.25, -0.2) is 0 Å². The zero-order chi connectivity index (χ0) is 32.5. The van der Waals surface area contributed by atoms with Crippen molar-refractivity contribution in [3.63, 3.8) is 0 Å². The largest absolute Gasteiger partial charge is 0.494 e. The topological polar surface area (TPSA) is 148 Å². The van der Waals surface area contributed by atoms with Crippen LogP contribution in [0, 0.1) is 11.3 Å². The number of aliphatic hydroxyl groups excluding tert-OH is 1. The maximum atomic E-state index is 12.3. The van der Waals surface area contributed by atoms with Crippen LogP contribution >= 0.6 is 10.6 Å². The third-order valence-electron chi connectivity index (χ3n) is 8.93. The fourth-order valence-electron chi connectivity index (χ4n) is 6.37. The molecule has 0 saturated heterocycles. The number of unbranched alkanes of at least 4 members (excludes halogenated alkanes) is 4. The number of aliphatic carboxylic acids is 2. The summed E-state index contributed by atoms with van der Waals surface area (Å²) in [7, 11) is 0.709. The molecule has 0 aromatic heterocycles. The van der Waals surface area contributed by atoms with Crippen LogP contribution in [0.25, 0.3) is 0 Å². The summed E-state index contributed by atoms with van der Waals surface area (Å²) in [6, 6.07) is 13.3. The van der Waals surface area contributed by atoms with Crippen molar-refractivity contribution >= 4 is 28.2 Å². The van der Waals surface area contributed by atoms with Crippen molar-refractivity contribution in [1.82, 2.24) is 0 Å². The summed E-state index contributed by atoms with van der Waals surface area (Å²) in [5, 5.41) is 30.4. The van der Waals surface area contributed by atoms with Gasteiger partial charge in [0, 0.05) is 31.1 Å². The SMILES string of the molecule is CCCCC1(CCCC)CS(O)(O)c2ccc(N(C)C)cc2C(c2ccc(OCCCCCC(C(=O)O)C(=O)O)cc2)C1O. The molecule has 0 aliphatic carbocycles. The van der Waals surface area contributed by atoms with E-state index in [-0.39, 0.29) is 12.2 Å². The zero-order valence-electron chi connectivity index (χ0n) is 26.6. The van der Waals surface area contributed by atoms with E-state index in [4.69, 9.17) is 14.9 Å². The van der Waals surface area contributed by atoms with Crippen molar-refractivity contribution < 1.29 is 38.8 Å². The van der Waals surface area contributed by atoms with Crippen molar-refractivity contribution in [1.29, 1.82) is 0 Å². The van der Waals surface area contributed by atoms with Gasteiger partial charge >= 0.3 is 11.9 Å². The minimum atomic E-state index is -3.17. The lowest BCUT2D eigenvalue weighted by Crippen LogP contribution is -2.42. The van der Waals surface area contributed by atoms with Crippen LogP contribution in [0.3, 0.4) is 0 Å². The van der Waals surface area contributed by atoms with Crippen molar-refractivity contribution in [2.24, 2.45) is 11.3 Å². The second-order valence-electron chi connectivity index (χ2n) is 12.4. The van der Waals surface area contributed by atoms with Crippen molar-refractivity contribution in [2.75, 3.05) is 31.4 Å². The highest BCUT2D eigenvalue weighted by atomic mass is 32.3. The maximum Gasteiger partial charge on any atom is 0.317 e. The quantitative estimate of drug-likeness (QED) is 0.0884. The molecule has 1 aliphatic rings. The van der Waals surface area contributed by atoms with Gasteiger partial charge in [-0.15, -0.1) is 0 Å². The molecule has 0 amide bonds. The van der Waals surface area contributed by atoms with Gasteiger partial charge in [0.2, 0.25) is 0 Å². The van der Waals surface area contributed by atoms with Crippen LogP contribution < -0.4 is 9.64 Å². The number of fused-ring (bicyclic) bond motifs is 1. The molecule has 0 saturated carbocycles. The van der Waals surface area contributed by atoms with Gasteiger partial charge in [-0.1, -0.05) is 64.5 Å². The van der Waals surface area contributed by atoms with E-state index in [1.807, 2.05) is 61.5 Å². The smallest absolute Gasteiger partial charge is 0.317 e. The highest BCUT2D eigenvalue weighted by Gasteiger charge is 2.49. The maximum absolute atomic E-state index is 12.3. The van der Waals surface area contributed by atoms with Crippen LogP contribution in [0.2, 0.25) is 0 Å². The van der Waals surface area contributed by atoms with Crippen LogP contribution in [0.5, 0.6) is 5.75 Å². The summed E-state index contributed by atoms with van der Waals surface area (Å²) in [4.78, 5) is 24.6. The Morgan fingerprint density at radius 3 is 2.09 bits per heavy atom. The Labute approximate surface area is 263 Å². The van der Waals surface area contributed by atoms with Gasteiger partial charge in [-0.05, 0) is 67.1 Å². The van der Waals surface area contributed by atoms with Gasteiger partial charge in [0.05, 0.1) is 23.4 Å². The molecule has 246 valence electrons. The molecule has 9 nitrogen and oxygen atoms in total. The molecule has 0 fully saturated rings. The highest BCUT2D eigenvalue weighted by molar-refractivity contribution is 8.24. The molecular weight excluding hydrogens is 582 g/mol. The Kier molecular flexibility index (Phi) is 13.0. The molecule has 10 heteroatoms. The molecule has 0 bridgehead atoms. The highest BCUT2D eigenvalue weighted by Crippen LogP contribution is 2.62. The van der Waals surface area contributed by atoms with Gasteiger partial charge in [0.15, 0.2) is 5.92 Å². The molecule has 0 radical (unpaired) electrons. The molecule has 2 aromatic carbocycles. The van der Waals surface area contributed by atoms with Gasteiger partial charge in [0.25, 0.3) is 0 Å². The van der Waals surface area contributed by atoms with E-state index in [1.54, 1.807) is 0 Å². The number of anilines is 1. The molecule has 1 aliphatic heterocycles. The zero-order valence-corrected chi connectivity index (χ0v) is 27.4. The second-order valence-corrected chi connectivity index (χ2v) is 14.5. The van der Waals surface area contributed by atoms with Crippen molar-refractivity contribution in [2.45, 2.75) is 95.0 Å². The molecule has 0 spiro atoms. The number of benzene rings is 2. The molecule has 44 heavy (non-hydrogen) atoms. The number of hydrogen-bond donors (Lipinski definition) is 5. The van der Waals surface area contributed by atoms with Crippen LogP contribution in [-0.4, -0.2) is 68.9 Å². The first kappa shape index (κ1) is 35.7. The molecule has 5 N–H and O–H groups in total. The van der Waals surface area contributed by atoms with Crippen molar-refractivity contribution in [3.05, 3.63) is 53.6 Å². The lowest BCUT2D eigenvalue weighted by atomic mass is 9.68. The molecule has 2 atom stereocenters. The fraction of sp³-hybridized carbons (Fsp3) is 0.588. The summed E-state index contributed by atoms with van der Waals surface area (Å²) in [6.45, 7) is 4.64. The first-order chi connectivity index (χ1) is 20.9. The van der Waals surface area contributed by atoms with Gasteiger partial charge in [-0.2, -0.15) is 10.6 Å². The van der Waals surface area contributed by atoms with Crippen LogP contribution in [0.4, 0.5) is 5.69 Å². The lowest BCUT2D eigenvalue weighted by molar-refractivity contribution is -0.154. The van der Waals surface area contributed by atoms with Gasteiger partial charge in [0.1, 0.15) is 5.75 Å². The minimum absolute atomic E-state index is 0.0861. The minimum Gasteiger partial charge on any atom is -0.494 e. The van der Waals surface area contributed by atoms with E-state index < -0.39 is 45.9 Å². The number of rotatable bonds is 17. The summed E-state index contributed by atoms with van der Waals surface area (Å²) in [6.07, 6.45) is 6.17. The lowest BCUT2D eigenvalue weighted by Gasteiger charge is -2.44. The van der Waals surface area contributed by atoms with E-state index >= 15 is 0 Å². The van der Waals surface area contributed by atoms with Crippen LogP contribution in [-0.2, 0) is 9.59 Å². The number of carbonyl (C=O) groups is 2. The predicted molar refractivity (Wildman–Crippen MR) is 175 cm³/mol. The van der Waals surface area contributed by atoms with Crippen molar-refractivity contribution in [3.8, 4) is 5.75 Å². The van der Waals surface area contributed by atoms with Gasteiger partial charge < -0.3 is 25.0 Å². The summed E-state index contributed by atoms with van der Waals surface area (Å²) in [5.74, 6) is -3.67. The van der Waals surface area contributed by atoms with E-state index in [1.165, 1.54) is 0 Å². The average Bonchev–Trinajstić information content (AvgIpc) is 3.04. The Balaban J connectivity index is 1.88. The number of nitrogens with zero attached hydrogens (tertiary/aromatic N) is 1.